The van der Waals surface area contributed by atoms with E-state index in [0.29, 0.717) is 11.3 Å². The molecule has 2 aromatic carbocycles. The molecular weight excluding hydrogens is 338 g/mol. The van der Waals surface area contributed by atoms with E-state index in [9.17, 15) is 4.79 Å². The Morgan fingerprint density at radius 2 is 1.96 bits per heavy atom. The van der Waals surface area contributed by atoms with Crippen molar-refractivity contribution in [1.82, 2.24) is 9.38 Å². The van der Waals surface area contributed by atoms with Crippen molar-refractivity contribution in [3.63, 3.8) is 0 Å². The number of hydrogen-bond acceptors (Lipinski definition) is 3. The van der Waals surface area contributed by atoms with Gasteiger partial charge in [0.15, 0.2) is 0 Å². The van der Waals surface area contributed by atoms with Crippen LogP contribution in [0.5, 0.6) is 5.75 Å². The number of pyridine rings is 1. The number of hydrogen-bond donors (Lipinski definition) is 1. The van der Waals surface area contributed by atoms with Gasteiger partial charge in [0.1, 0.15) is 11.4 Å². The number of rotatable bonds is 4. The Bertz CT molecular complexity index is 1100. The highest BCUT2D eigenvalue weighted by molar-refractivity contribution is 6.05. The molecule has 0 unspecified atom stereocenters. The zero-order valence-corrected chi connectivity index (χ0v) is 15.1. The van der Waals surface area contributed by atoms with Gasteiger partial charge in [-0.25, -0.2) is 4.98 Å². The molecule has 0 spiro atoms. The average molecular weight is 357 g/mol. The van der Waals surface area contributed by atoms with Crippen LogP contribution < -0.4 is 10.1 Å². The van der Waals surface area contributed by atoms with Crippen molar-refractivity contribution in [3.8, 4) is 17.0 Å². The van der Waals surface area contributed by atoms with Crippen LogP contribution in [-0.2, 0) is 0 Å². The standard InChI is InChI=1S/C22H19N3O2/c1-15-9-10-16(20-14-25-11-4-3-8-21(25)23-20)13-19(15)24-22(26)17-6-5-7-18(12-17)27-2/h3-14H,1-2H3,(H,24,26). The Kier molecular flexibility index (Phi) is 4.34. The van der Waals surface area contributed by atoms with Gasteiger partial charge in [0.25, 0.3) is 5.91 Å². The molecule has 0 atom stereocenters. The minimum atomic E-state index is -0.177. The number of benzene rings is 2. The number of carbonyl (C=O) groups is 1. The topological polar surface area (TPSA) is 55.6 Å². The fourth-order valence-electron chi connectivity index (χ4n) is 2.95. The molecule has 0 aliphatic carbocycles. The lowest BCUT2D eigenvalue weighted by Gasteiger charge is -2.10. The van der Waals surface area contributed by atoms with Gasteiger partial charge in [0.2, 0.25) is 0 Å². The number of amides is 1. The lowest BCUT2D eigenvalue weighted by molar-refractivity contribution is 0.102. The molecule has 0 saturated heterocycles. The first-order valence-corrected chi connectivity index (χ1v) is 8.64. The van der Waals surface area contributed by atoms with Gasteiger partial charge in [-0.15, -0.1) is 0 Å². The summed E-state index contributed by atoms with van der Waals surface area (Å²) in [6.07, 6.45) is 3.94. The molecule has 0 bridgehead atoms. The number of methoxy groups -OCH3 is 1. The maximum Gasteiger partial charge on any atom is 0.255 e. The smallest absolute Gasteiger partial charge is 0.255 e. The number of carbonyl (C=O) groups excluding carboxylic acids is 1. The van der Waals surface area contributed by atoms with Crippen LogP contribution in [0.15, 0.2) is 73.1 Å². The second kappa shape index (κ2) is 6.96. The SMILES string of the molecule is COc1cccc(C(=O)Nc2cc(-c3cn4ccccc4n3)ccc2C)c1. The van der Waals surface area contributed by atoms with Crippen molar-refractivity contribution < 1.29 is 9.53 Å². The number of aryl methyl sites for hydroxylation is 1. The summed E-state index contributed by atoms with van der Waals surface area (Å²) in [7, 11) is 1.58. The number of imidazole rings is 1. The van der Waals surface area contributed by atoms with E-state index in [0.717, 1.165) is 28.2 Å². The van der Waals surface area contributed by atoms with Crippen LogP contribution in [0.25, 0.3) is 16.9 Å². The zero-order chi connectivity index (χ0) is 18.8. The van der Waals surface area contributed by atoms with Crippen molar-refractivity contribution in [2.24, 2.45) is 0 Å². The largest absolute Gasteiger partial charge is 0.497 e. The van der Waals surface area contributed by atoms with Crippen LogP contribution in [0.2, 0.25) is 0 Å². The van der Waals surface area contributed by atoms with Gasteiger partial charge in [-0.2, -0.15) is 0 Å². The first kappa shape index (κ1) is 16.8. The number of anilines is 1. The minimum Gasteiger partial charge on any atom is -0.497 e. The van der Waals surface area contributed by atoms with Crippen LogP contribution in [-0.4, -0.2) is 22.4 Å². The molecular formula is C22H19N3O2. The third-order valence-electron chi connectivity index (χ3n) is 4.48. The number of fused-ring (bicyclic) bond motifs is 1. The summed E-state index contributed by atoms with van der Waals surface area (Å²) in [6.45, 7) is 1.97. The Morgan fingerprint density at radius 1 is 1.07 bits per heavy atom. The van der Waals surface area contributed by atoms with Crippen molar-refractivity contribution >= 4 is 17.2 Å². The van der Waals surface area contributed by atoms with Gasteiger partial charge in [0, 0.05) is 29.2 Å². The molecule has 5 heteroatoms. The fraction of sp³-hybridized carbons (Fsp3) is 0.0909. The Labute approximate surface area is 157 Å². The van der Waals surface area contributed by atoms with Gasteiger partial charge < -0.3 is 14.5 Å². The van der Waals surface area contributed by atoms with Gasteiger partial charge in [-0.05, 0) is 48.9 Å². The van der Waals surface area contributed by atoms with Crippen molar-refractivity contribution in [3.05, 3.63) is 84.2 Å². The quantitative estimate of drug-likeness (QED) is 0.582. The predicted molar refractivity (Wildman–Crippen MR) is 106 cm³/mol. The minimum absolute atomic E-state index is 0.177. The summed E-state index contributed by atoms with van der Waals surface area (Å²) in [6, 6.07) is 18.9. The average Bonchev–Trinajstić information content (AvgIpc) is 3.14. The first-order valence-electron chi connectivity index (χ1n) is 8.64. The summed E-state index contributed by atoms with van der Waals surface area (Å²) < 4.78 is 7.17. The molecule has 0 saturated carbocycles. The summed E-state index contributed by atoms with van der Waals surface area (Å²) >= 11 is 0. The fourth-order valence-corrected chi connectivity index (χ4v) is 2.95. The molecule has 0 radical (unpaired) electrons. The number of aromatic nitrogens is 2. The van der Waals surface area contributed by atoms with Crippen molar-refractivity contribution in [1.29, 1.82) is 0 Å². The highest BCUT2D eigenvalue weighted by atomic mass is 16.5. The molecule has 1 N–H and O–H groups in total. The Balaban J connectivity index is 1.65. The van der Waals surface area contributed by atoms with E-state index in [2.05, 4.69) is 10.3 Å². The highest BCUT2D eigenvalue weighted by Gasteiger charge is 2.11. The zero-order valence-electron chi connectivity index (χ0n) is 15.1. The highest BCUT2D eigenvalue weighted by Crippen LogP contribution is 2.26. The summed E-state index contributed by atoms with van der Waals surface area (Å²) in [5, 5.41) is 2.99. The third-order valence-corrected chi connectivity index (χ3v) is 4.48. The summed E-state index contributed by atoms with van der Waals surface area (Å²) in [4.78, 5) is 17.3. The molecule has 1 amide bonds. The maximum atomic E-state index is 12.6. The lowest BCUT2D eigenvalue weighted by Crippen LogP contribution is -2.12. The van der Waals surface area contributed by atoms with Crippen LogP contribution >= 0.6 is 0 Å². The molecule has 4 rings (SSSR count). The molecule has 5 nitrogen and oxygen atoms in total. The van der Waals surface area contributed by atoms with E-state index in [-0.39, 0.29) is 5.91 Å². The molecule has 0 aliphatic heterocycles. The summed E-state index contributed by atoms with van der Waals surface area (Å²) in [5.41, 5.74) is 4.99. The molecule has 134 valence electrons. The third kappa shape index (κ3) is 3.40. The number of nitrogens with one attached hydrogen (secondary N) is 1. The van der Waals surface area contributed by atoms with Crippen LogP contribution in [0.3, 0.4) is 0 Å². The van der Waals surface area contributed by atoms with E-state index in [1.165, 1.54) is 0 Å². The molecule has 0 aliphatic rings. The van der Waals surface area contributed by atoms with E-state index < -0.39 is 0 Å². The summed E-state index contributed by atoms with van der Waals surface area (Å²) in [5.74, 6) is 0.474. The molecule has 2 heterocycles. The van der Waals surface area contributed by atoms with Gasteiger partial charge >= 0.3 is 0 Å². The second-order valence-corrected chi connectivity index (χ2v) is 6.31. The van der Waals surface area contributed by atoms with E-state index in [1.54, 1.807) is 25.3 Å². The van der Waals surface area contributed by atoms with Crippen molar-refractivity contribution in [2.45, 2.75) is 6.92 Å². The van der Waals surface area contributed by atoms with Crippen LogP contribution in [0.1, 0.15) is 15.9 Å². The van der Waals surface area contributed by atoms with E-state index in [4.69, 9.17) is 4.74 Å². The Morgan fingerprint density at radius 3 is 2.78 bits per heavy atom. The van der Waals surface area contributed by atoms with E-state index in [1.807, 2.05) is 66.2 Å². The molecule has 2 aromatic heterocycles. The molecule has 27 heavy (non-hydrogen) atoms. The van der Waals surface area contributed by atoms with Gasteiger partial charge in [-0.1, -0.05) is 24.3 Å². The monoisotopic (exact) mass is 357 g/mol. The molecule has 0 fully saturated rings. The number of nitrogens with zero attached hydrogens (tertiary/aromatic N) is 2. The van der Waals surface area contributed by atoms with Crippen molar-refractivity contribution in [2.75, 3.05) is 12.4 Å². The number of ether oxygens (including phenoxy) is 1. The lowest BCUT2D eigenvalue weighted by atomic mass is 10.1. The first-order chi connectivity index (χ1) is 13.1. The predicted octanol–water partition coefficient (Wildman–Crippen LogP) is 4.57. The Hall–Kier alpha value is -3.60. The van der Waals surface area contributed by atoms with E-state index >= 15 is 0 Å². The van der Waals surface area contributed by atoms with Crippen LogP contribution in [0, 0.1) is 6.92 Å². The normalized spacial score (nSPS) is 10.7. The van der Waals surface area contributed by atoms with Gasteiger partial charge in [0.05, 0.1) is 12.8 Å². The maximum absolute atomic E-state index is 12.6. The van der Waals surface area contributed by atoms with Gasteiger partial charge in [-0.3, -0.25) is 4.79 Å². The second-order valence-electron chi connectivity index (χ2n) is 6.31. The van der Waals surface area contributed by atoms with Crippen LogP contribution in [0.4, 0.5) is 5.69 Å². The molecule has 4 aromatic rings.